The summed E-state index contributed by atoms with van der Waals surface area (Å²) in [4.78, 5) is 0. The molecular formula is C40H37I2O4P2RhRu+. The Labute approximate surface area is 345 Å². The third kappa shape index (κ3) is 17.8. The third-order valence-electron chi connectivity index (χ3n) is 7.39. The molecule has 1 aliphatic rings. The van der Waals surface area contributed by atoms with Gasteiger partial charge in [0.05, 0.1) is 0 Å². The Morgan fingerprint density at radius 3 is 0.720 bits per heavy atom. The van der Waals surface area contributed by atoms with Gasteiger partial charge in [-0.05, 0) is 71.7 Å². The second kappa shape index (κ2) is 33.9. The van der Waals surface area contributed by atoms with Crippen LogP contribution >= 0.6 is 55.3 Å². The molecule has 5 radical (unpaired) electrons. The van der Waals surface area contributed by atoms with E-state index in [1.54, 1.807) is 0 Å². The van der Waals surface area contributed by atoms with E-state index >= 15 is 0 Å². The quantitative estimate of drug-likeness (QED) is 0.0606. The maximum absolute atomic E-state index is 7.50. The van der Waals surface area contributed by atoms with Crippen LogP contribution in [0.15, 0.2) is 133 Å². The smallest absolute Gasteiger partial charge is 2.00 e. The fourth-order valence-electron chi connectivity index (χ4n) is 4.71. The van der Waals surface area contributed by atoms with Gasteiger partial charge in [-0.2, -0.15) is 0 Å². The van der Waals surface area contributed by atoms with E-state index in [1.807, 2.05) is 0 Å². The monoisotopic (exact) mass is 1100 g/mol. The van der Waals surface area contributed by atoms with Crippen molar-refractivity contribution < 1.29 is 48.2 Å². The predicted octanol–water partition coefficient (Wildman–Crippen LogP) is 10.3. The van der Waals surface area contributed by atoms with Gasteiger partial charge in [-0.1, -0.05) is 163 Å². The average molecular weight is 1100 g/mol. The minimum atomic E-state index is -0.664. The van der Waals surface area contributed by atoms with Crippen molar-refractivity contribution in [3.8, 4) is 0 Å². The van der Waals surface area contributed by atoms with E-state index in [9.17, 15) is 0 Å². The largest absolute Gasteiger partial charge is 2.00 e. The Morgan fingerprint density at radius 1 is 0.440 bits per heavy atom. The van der Waals surface area contributed by atoms with Gasteiger partial charge >= 0.3 is 114 Å². The summed E-state index contributed by atoms with van der Waals surface area (Å²) in [6.07, 6.45) is 0. The molecule has 4 aromatic rings. The van der Waals surface area contributed by atoms with Gasteiger partial charge in [0.1, 0.15) is 0 Å². The van der Waals surface area contributed by atoms with E-state index in [-0.39, 0.29) is 19.5 Å². The van der Waals surface area contributed by atoms with Crippen molar-refractivity contribution in [2.75, 3.05) is 0 Å². The van der Waals surface area contributed by atoms with E-state index in [1.165, 1.54) is 55.9 Å². The molecule has 4 aromatic carbocycles. The van der Waals surface area contributed by atoms with Crippen LogP contribution in [0.5, 0.6) is 0 Å². The molecule has 0 unspecified atom stereocenters. The van der Waals surface area contributed by atoms with Crippen molar-refractivity contribution in [1.82, 2.24) is 0 Å². The minimum Gasteiger partial charge on any atom is 2.00 e. The fraction of sp³-hybridized carbons (Fsp3) is 0.125. The Hall–Kier alpha value is -0.853. The molecule has 0 spiro atoms. The summed E-state index contributed by atoms with van der Waals surface area (Å²) in [6, 6.07) is 43.4. The molecule has 0 heterocycles. The number of halogens is 2. The van der Waals surface area contributed by atoms with Crippen LogP contribution in [-0.4, -0.2) is 0 Å². The first-order chi connectivity index (χ1) is 23.8. The first kappa shape index (κ1) is 53.5. The summed E-state index contributed by atoms with van der Waals surface area (Å²) >= 11 is 4.69. The maximum atomic E-state index is 7.50. The molecule has 261 valence electrons. The Bertz CT molecular complexity index is 1260. The van der Waals surface area contributed by atoms with Gasteiger partial charge < -0.3 is 0 Å². The van der Waals surface area contributed by atoms with Crippen LogP contribution in [0.1, 0.15) is 34.6 Å². The number of rotatable bonds is 6. The normalized spacial score (nSPS) is 12.4. The zero-order valence-corrected chi connectivity index (χ0v) is 37.7. The summed E-state index contributed by atoms with van der Waals surface area (Å²) < 4.78 is 30.0. The summed E-state index contributed by atoms with van der Waals surface area (Å²) in [6.45, 7) is 33.7. The van der Waals surface area contributed by atoms with E-state index in [0.29, 0.717) is 0 Å². The topological polar surface area (TPSA) is 79.6 Å². The predicted molar refractivity (Wildman–Crippen MR) is 216 cm³/mol. The first-order valence-corrected chi connectivity index (χ1v) is 26.6. The summed E-state index contributed by atoms with van der Waals surface area (Å²) in [5, 5.41) is 6.74. The van der Waals surface area contributed by atoms with Crippen molar-refractivity contribution in [3.05, 3.63) is 189 Å². The minimum absolute atomic E-state index is 0. The van der Waals surface area contributed by atoms with Gasteiger partial charge in [-0.15, -0.1) is 0 Å². The summed E-state index contributed by atoms with van der Waals surface area (Å²) in [5.74, 6) is 7.34. The van der Waals surface area contributed by atoms with Crippen LogP contribution in [0.4, 0.5) is 0 Å². The zero-order valence-electron chi connectivity index (χ0n) is 28.2. The van der Waals surface area contributed by atoms with Crippen molar-refractivity contribution in [2.24, 2.45) is 0 Å². The Balaban J connectivity index is -0.000000839. The van der Waals surface area contributed by atoms with Gasteiger partial charge in [-0.25, -0.2) is 0 Å². The molecular weight excluding hydrogens is 1060 g/mol. The third-order valence-corrected chi connectivity index (χ3v) is 12.9. The van der Waals surface area contributed by atoms with E-state index in [4.69, 9.17) is 25.2 Å². The number of hydrogen-bond acceptors (Lipinski definition) is 0. The van der Waals surface area contributed by atoms with Gasteiger partial charge in [0.2, 0.25) is 0 Å². The van der Waals surface area contributed by atoms with Gasteiger partial charge in [0.25, 0.3) is 0 Å². The van der Waals surface area contributed by atoms with E-state index < -0.39 is 15.8 Å². The molecule has 50 heavy (non-hydrogen) atoms. The molecule has 1 aliphatic carbocycles. The molecule has 0 N–H and O–H groups in total. The second-order valence-electron chi connectivity index (χ2n) is 9.60. The average Bonchev–Trinajstić information content (AvgIpc) is 3.34. The SMILES string of the molecule is C=C(P(c1ccccc1)c1ccccc1)P(c1ccccc1)c1ccccc1.C[C]1[C](C)[C](C)[C](C)[C]1C.[C-]#[O+].[C-]#[O+].[C-]#[O+].[C-]#[O+].[I][Rh-][I].[Ru+2]. The zero-order chi connectivity index (χ0) is 37.8. The molecule has 1 fully saturated rings. The molecule has 0 atom stereocenters. The molecule has 5 rings (SSSR count). The van der Waals surface area contributed by atoms with Crippen molar-refractivity contribution in [3.63, 3.8) is 0 Å². The van der Waals surface area contributed by atoms with Crippen molar-refractivity contribution in [2.45, 2.75) is 34.6 Å². The first-order valence-electron chi connectivity index (χ1n) is 14.2. The summed E-state index contributed by atoms with van der Waals surface area (Å²) in [5.41, 5.74) is 0. The molecule has 10 heteroatoms. The van der Waals surface area contributed by atoms with Crippen LogP contribution in [0, 0.1) is 56.2 Å². The number of hydrogen-bond donors (Lipinski definition) is 0. The van der Waals surface area contributed by atoms with Gasteiger partial charge in [0, 0.05) is 0 Å². The van der Waals surface area contributed by atoms with Crippen LogP contribution in [0.3, 0.4) is 0 Å². The second-order valence-corrected chi connectivity index (χ2v) is 27.1. The van der Waals surface area contributed by atoms with Gasteiger partial charge in [-0.3, -0.25) is 0 Å². The Kier molecular flexibility index (Phi) is 36.3. The molecule has 0 aliphatic heterocycles. The van der Waals surface area contributed by atoms with Crippen LogP contribution in [0.25, 0.3) is 0 Å². The fourth-order valence-corrected chi connectivity index (χ4v) is 10.6. The molecule has 4 nitrogen and oxygen atoms in total. The van der Waals surface area contributed by atoms with Crippen molar-refractivity contribution in [1.29, 1.82) is 0 Å². The summed E-state index contributed by atoms with van der Waals surface area (Å²) in [7, 11) is -0.559. The van der Waals surface area contributed by atoms with Crippen LogP contribution < -0.4 is 21.2 Å². The molecule has 0 bridgehead atoms. The molecule has 0 aromatic heterocycles. The standard InChI is InChI=1S/C26H22P2.C10H15.4CO.2HI.Rh.Ru/c1-22(27(23-14-6-2-7-15-23)24-16-8-3-9-17-24)28(25-18-10-4-11-19-25)26-20-12-5-13-21-26;1-6-7(2)9(4)10(5)8(6)3;4*1-2;;;;/h2-21H,1H2;1-5H3;;;;;2*1H;;/q;;;;;;;;+1;+2/p-2. The molecule has 1 saturated carbocycles. The van der Waals surface area contributed by atoms with E-state index in [2.05, 4.69) is 222 Å². The Morgan fingerprint density at radius 2 is 0.580 bits per heavy atom. The maximum Gasteiger partial charge on any atom is 2.00 e. The van der Waals surface area contributed by atoms with Crippen LogP contribution in [-0.2, 0) is 48.2 Å². The van der Waals surface area contributed by atoms with Crippen molar-refractivity contribution >= 4 is 76.6 Å². The van der Waals surface area contributed by atoms with Crippen LogP contribution in [0.2, 0.25) is 0 Å². The molecule has 0 saturated heterocycles. The molecule has 0 amide bonds. The van der Waals surface area contributed by atoms with Gasteiger partial charge in [0.15, 0.2) is 0 Å². The van der Waals surface area contributed by atoms with E-state index in [0.717, 1.165) is 10.1 Å². The number of benzene rings is 4.